The molecule has 0 amide bonds. The minimum Gasteiger partial charge on any atom is -0.507 e. The summed E-state index contributed by atoms with van der Waals surface area (Å²) in [6.07, 6.45) is 2.16. The topological polar surface area (TPSA) is 23.5 Å². The Bertz CT molecular complexity index is 701. The molecule has 2 aromatic carbocycles. The fraction of sp³-hybridized carbons (Fsp3) is 0.250. The number of aromatic hydroxyl groups is 1. The highest BCUT2D eigenvalue weighted by Gasteiger charge is 2.27. The fourth-order valence-electron chi connectivity index (χ4n) is 2.65. The van der Waals surface area contributed by atoms with Crippen LogP contribution in [0.5, 0.6) is 5.75 Å². The quantitative estimate of drug-likeness (QED) is 0.865. The summed E-state index contributed by atoms with van der Waals surface area (Å²) in [4.78, 5) is 3.58. The molecule has 0 unspecified atom stereocenters. The average Bonchev–Trinajstić information content (AvgIpc) is 2.46. The smallest absolute Gasteiger partial charge is 0.123 e. The lowest BCUT2D eigenvalue weighted by atomic mass is 9.94. The zero-order valence-corrected chi connectivity index (χ0v) is 12.9. The predicted octanol–water partition coefficient (Wildman–Crippen LogP) is 4.01. The highest BCUT2D eigenvalue weighted by atomic mass is 32.1. The van der Waals surface area contributed by atoms with Crippen LogP contribution in [0, 0.1) is 0 Å². The van der Waals surface area contributed by atoms with Gasteiger partial charge in [0.05, 0.1) is 0 Å². The average molecular weight is 301 g/mol. The third-order valence-corrected chi connectivity index (χ3v) is 4.58. The van der Waals surface area contributed by atoms with Crippen LogP contribution in [-0.2, 0) is 0 Å². The van der Waals surface area contributed by atoms with Gasteiger partial charge >= 0.3 is 0 Å². The second-order valence-electron chi connectivity index (χ2n) is 4.98. The molecule has 3 rings (SSSR count). The first-order valence-electron chi connectivity index (χ1n) is 6.76. The molecule has 0 radical (unpaired) electrons. The molecule has 0 saturated carbocycles. The van der Waals surface area contributed by atoms with Gasteiger partial charge in [0.15, 0.2) is 0 Å². The number of phenols is 1. The Hall–Kier alpha value is -1.52. The van der Waals surface area contributed by atoms with Crippen molar-refractivity contribution >= 4 is 45.2 Å². The third kappa shape index (κ3) is 1.91. The SMILES string of the molecule is CCCCN1C(=S)c2cccc3c(O)ccc(c23)C1=S. The van der Waals surface area contributed by atoms with Gasteiger partial charge in [-0.15, -0.1) is 0 Å². The molecule has 0 atom stereocenters. The summed E-state index contributed by atoms with van der Waals surface area (Å²) < 4.78 is 0. The minimum absolute atomic E-state index is 0.276. The number of unbranched alkanes of at least 4 members (excludes halogenated alkanes) is 1. The van der Waals surface area contributed by atoms with Crippen LogP contribution in [0.3, 0.4) is 0 Å². The number of hydrogen-bond acceptors (Lipinski definition) is 3. The Morgan fingerprint density at radius 2 is 1.75 bits per heavy atom. The molecule has 2 aromatic rings. The van der Waals surface area contributed by atoms with Gasteiger partial charge < -0.3 is 10.0 Å². The second kappa shape index (κ2) is 5.11. The summed E-state index contributed by atoms with van der Waals surface area (Å²) in [7, 11) is 0. The fourth-order valence-corrected chi connectivity index (χ4v) is 3.41. The van der Waals surface area contributed by atoms with Crippen molar-refractivity contribution in [3.63, 3.8) is 0 Å². The van der Waals surface area contributed by atoms with E-state index >= 15 is 0 Å². The number of thiocarbonyl (C=S) groups is 2. The summed E-state index contributed by atoms with van der Waals surface area (Å²) in [5, 5.41) is 11.8. The van der Waals surface area contributed by atoms with Crippen LogP contribution in [0.15, 0.2) is 30.3 Å². The van der Waals surface area contributed by atoms with E-state index in [0.29, 0.717) is 0 Å². The van der Waals surface area contributed by atoms with E-state index in [1.807, 2.05) is 29.2 Å². The monoisotopic (exact) mass is 301 g/mol. The zero-order chi connectivity index (χ0) is 14.3. The lowest BCUT2D eigenvalue weighted by Crippen LogP contribution is -2.39. The maximum Gasteiger partial charge on any atom is 0.123 e. The molecule has 0 spiro atoms. The van der Waals surface area contributed by atoms with E-state index < -0.39 is 0 Å². The standard InChI is InChI=1S/C16H15NOS2/c1-2-3-9-17-15(19)11-6-4-5-10-13(18)8-7-12(14(10)11)16(17)20/h4-8,18H,2-3,9H2,1H3. The van der Waals surface area contributed by atoms with Crippen molar-refractivity contribution in [1.82, 2.24) is 4.90 Å². The highest BCUT2D eigenvalue weighted by molar-refractivity contribution is 7.82. The van der Waals surface area contributed by atoms with Crippen molar-refractivity contribution < 1.29 is 5.11 Å². The molecular formula is C16H15NOS2. The maximum atomic E-state index is 10.0. The second-order valence-corrected chi connectivity index (χ2v) is 5.75. The third-order valence-electron chi connectivity index (χ3n) is 3.70. The summed E-state index contributed by atoms with van der Waals surface area (Å²) in [5.41, 5.74) is 1.99. The van der Waals surface area contributed by atoms with Crippen LogP contribution >= 0.6 is 24.4 Å². The van der Waals surface area contributed by atoms with Gasteiger partial charge in [-0.25, -0.2) is 0 Å². The predicted molar refractivity (Wildman–Crippen MR) is 90.6 cm³/mol. The van der Waals surface area contributed by atoms with E-state index in [1.54, 1.807) is 6.07 Å². The number of phenolic OH excluding ortho intramolecular Hbond substituents is 1. The van der Waals surface area contributed by atoms with Crippen LogP contribution in [-0.4, -0.2) is 26.5 Å². The molecule has 4 heteroatoms. The first kappa shape index (κ1) is 13.5. The normalized spacial score (nSPS) is 14.2. The molecule has 0 saturated heterocycles. The van der Waals surface area contributed by atoms with E-state index in [1.165, 1.54) is 0 Å². The summed E-state index contributed by atoms with van der Waals surface area (Å²) in [6, 6.07) is 9.45. The van der Waals surface area contributed by atoms with Crippen LogP contribution in [0.1, 0.15) is 30.9 Å². The van der Waals surface area contributed by atoms with Crippen molar-refractivity contribution in [1.29, 1.82) is 0 Å². The summed E-state index contributed by atoms with van der Waals surface area (Å²) in [5.74, 6) is 0.276. The van der Waals surface area contributed by atoms with E-state index in [9.17, 15) is 5.11 Å². The molecule has 1 aliphatic heterocycles. The van der Waals surface area contributed by atoms with Gasteiger partial charge in [0, 0.05) is 28.4 Å². The van der Waals surface area contributed by atoms with Gasteiger partial charge in [0.2, 0.25) is 0 Å². The molecule has 0 aliphatic carbocycles. The van der Waals surface area contributed by atoms with Gasteiger partial charge in [-0.1, -0.05) is 56.0 Å². The number of nitrogens with zero attached hydrogens (tertiary/aromatic N) is 1. The highest BCUT2D eigenvalue weighted by Crippen LogP contribution is 2.35. The molecule has 102 valence electrons. The molecule has 1 N–H and O–H groups in total. The lowest BCUT2D eigenvalue weighted by molar-refractivity contribution is 0.481. The van der Waals surface area contributed by atoms with Crippen molar-refractivity contribution in [3.8, 4) is 5.75 Å². The van der Waals surface area contributed by atoms with Crippen molar-refractivity contribution in [2.45, 2.75) is 19.8 Å². The van der Waals surface area contributed by atoms with Crippen molar-refractivity contribution in [3.05, 3.63) is 41.5 Å². The minimum atomic E-state index is 0.276. The van der Waals surface area contributed by atoms with Crippen molar-refractivity contribution in [2.24, 2.45) is 0 Å². The van der Waals surface area contributed by atoms with E-state index in [0.717, 1.165) is 51.3 Å². The summed E-state index contributed by atoms with van der Waals surface area (Å²) in [6.45, 7) is 3.01. The van der Waals surface area contributed by atoms with Crippen LogP contribution in [0.4, 0.5) is 0 Å². The Morgan fingerprint density at radius 1 is 1.05 bits per heavy atom. The maximum absolute atomic E-state index is 10.0. The molecular weight excluding hydrogens is 286 g/mol. The first-order chi connectivity index (χ1) is 9.65. The van der Waals surface area contributed by atoms with E-state index in [-0.39, 0.29) is 5.75 Å². The molecule has 0 bridgehead atoms. The molecule has 20 heavy (non-hydrogen) atoms. The number of rotatable bonds is 3. The summed E-state index contributed by atoms with van der Waals surface area (Å²) >= 11 is 11.2. The number of hydrogen-bond donors (Lipinski definition) is 1. The Balaban J connectivity index is 2.23. The van der Waals surface area contributed by atoms with Crippen molar-refractivity contribution in [2.75, 3.05) is 6.54 Å². The zero-order valence-electron chi connectivity index (χ0n) is 11.2. The van der Waals surface area contributed by atoms with Gasteiger partial charge in [-0.05, 0) is 18.6 Å². The first-order valence-corrected chi connectivity index (χ1v) is 7.57. The Morgan fingerprint density at radius 3 is 2.45 bits per heavy atom. The molecule has 1 aliphatic rings. The van der Waals surface area contributed by atoms with Gasteiger partial charge in [-0.3, -0.25) is 0 Å². The van der Waals surface area contributed by atoms with Crippen LogP contribution in [0.2, 0.25) is 0 Å². The van der Waals surface area contributed by atoms with E-state index in [2.05, 4.69) is 6.92 Å². The number of benzene rings is 2. The Kier molecular flexibility index (Phi) is 3.44. The van der Waals surface area contributed by atoms with Gasteiger partial charge in [-0.2, -0.15) is 0 Å². The molecule has 0 aromatic heterocycles. The van der Waals surface area contributed by atoms with Crippen LogP contribution < -0.4 is 0 Å². The molecule has 2 nitrogen and oxygen atoms in total. The molecule has 1 heterocycles. The molecule has 0 fully saturated rings. The van der Waals surface area contributed by atoms with Gasteiger partial charge in [0.1, 0.15) is 15.7 Å². The van der Waals surface area contributed by atoms with E-state index in [4.69, 9.17) is 24.4 Å². The van der Waals surface area contributed by atoms with Gasteiger partial charge in [0.25, 0.3) is 0 Å². The Labute approximate surface area is 129 Å². The lowest BCUT2D eigenvalue weighted by Gasteiger charge is -2.32. The largest absolute Gasteiger partial charge is 0.507 e. The van der Waals surface area contributed by atoms with Crippen LogP contribution in [0.25, 0.3) is 10.8 Å².